The molecular formula is C21H23N5O3. The predicted octanol–water partition coefficient (Wildman–Crippen LogP) is 1.80. The maximum atomic E-state index is 13.0. The summed E-state index contributed by atoms with van der Waals surface area (Å²) < 4.78 is 1.28. The van der Waals surface area contributed by atoms with Gasteiger partial charge in [-0.1, -0.05) is 6.07 Å². The number of aliphatic hydroxyl groups excluding tert-OH is 1. The number of nitrogens with one attached hydrogen (secondary N) is 1. The van der Waals surface area contributed by atoms with Gasteiger partial charge in [0.05, 0.1) is 6.20 Å². The minimum atomic E-state index is -0.373. The van der Waals surface area contributed by atoms with Gasteiger partial charge >= 0.3 is 0 Å². The molecule has 2 aromatic heterocycles. The molecule has 29 heavy (non-hydrogen) atoms. The number of carbonyl (C=O) groups excluding carboxylic acids is 1. The third kappa shape index (κ3) is 4.55. The molecule has 0 aliphatic rings. The molecule has 0 fully saturated rings. The summed E-state index contributed by atoms with van der Waals surface area (Å²) in [6.07, 6.45) is 4.67. The van der Waals surface area contributed by atoms with E-state index in [1.807, 2.05) is 32.0 Å². The molecule has 0 spiro atoms. The molecule has 0 unspecified atom stereocenters. The first-order valence-corrected chi connectivity index (χ1v) is 9.25. The fourth-order valence-electron chi connectivity index (χ4n) is 3.02. The molecule has 2 N–H and O–H groups in total. The molecule has 0 saturated heterocycles. The van der Waals surface area contributed by atoms with Crippen molar-refractivity contribution in [3.05, 3.63) is 69.5 Å². The van der Waals surface area contributed by atoms with Gasteiger partial charge in [0.1, 0.15) is 12.2 Å². The van der Waals surface area contributed by atoms with E-state index in [0.717, 1.165) is 11.1 Å². The van der Waals surface area contributed by atoms with Crippen molar-refractivity contribution in [1.29, 1.82) is 0 Å². The first kappa shape index (κ1) is 20.3. The zero-order chi connectivity index (χ0) is 21.0. The second-order valence-corrected chi connectivity index (χ2v) is 6.80. The van der Waals surface area contributed by atoms with Gasteiger partial charge in [-0.2, -0.15) is 0 Å². The van der Waals surface area contributed by atoms with Gasteiger partial charge < -0.3 is 10.4 Å². The standard InChI is InChI=1S/C21H23N5O3/c1-13-4-5-16(10-14(13)2)25-19(28)12-26-20(18-11-22-7-8-23-18)24-15(3)17(6-9-27)21(26)29/h4-5,7-8,10-11,27H,6,9,12H2,1-3H3,(H,25,28). The third-order valence-corrected chi connectivity index (χ3v) is 4.72. The Hall–Kier alpha value is -3.39. The summed E-state index contributed by atoms with van der Waals surface area (Å²) in [6.45, 7) is 5.24. The van der Waals surface area contributed by atoms with Crippen molar-refractivity contribution < 1.29 is 9.90 Å². The SMILES string of the molecule is Cc1ccc(NC(=O)Cn2c(-c3cnccn3)nc(C)c(CCO)c2=O)cc1C. The Morgan fingerprint density at radius 3 is 2.62 bits per heavy atom. The van der Waals surface area contributed by atoms with Gasteiger partial charge in [-0.3, -0.25) is 19.1 Å². The van der Waals surface area contributed by atoms with Crippen LogP contribution in [-0.2, 0) is 17.8 Å². The molecule has 0 atom stereocenters. The number of hydrogen-bond acceptors (Lipinski definition) is 6. The maximum Gasteiger partial charge on any atom is 0.257 e. The van der Waals surface area contributed by atoms with Gasteiger partial charge in [0, 0.05) is 42.4 Å². The summed E-state index contributed by atoms with van der Waals surface area (Å²) in [4.78, 5) is 38.4. The van der Waals surface area contributed by atoms with Crippen molar-refractivity contribution in [2.45, 2.75) is 33.7 Å². The molecule has 1 aromatic carbocycles. The summed E-state index contributed by atoms with van der Waals surface area (Å²) in [5.41, 5.74) is 3.73. The second kappa shape index (κ2) is 8.74. The fraction of sp³-hybridized carbons (Fsp3) is 0.286. The zero-order valence-corrected chi connectivity index (χ0v) is 16.6. The second-order valence-electron chi connectivity index (χ2n) is 6.80. The maximum absolute atomic E-state index is 13.0. The van der Waals surface area contributed by atoms with Gasteiger partial charge in [0.15, 0.2) is 5.82 Å². The van der Waals surface area contributed by atoms with E-state index in [4.69, 9.17) is 0 Å². The fourth-order valence-corrected chi connectivity index (χ4v) is 3.02. The molecule has 0 aliphatic heterocycles. The normalized spacial score (nSPS) is 10.8. The number of nitrogens with zero attached hydrogens (tertiary/aromatic N) is 4. The lowest BCUT2D eigenvalue weighted by molar-refractivity contribution is -0.116. The van der Waals surface area contributed by atoms with Crippen LogP contribution in [0.3, 0.4) is 0 Å². The molecule has 0 aliphatic carbocycles. The molecule has 2 heterocycles. The summed E-state index contributed by atoms with van der Waals surface area (Å²) in [5, 5.41) is 12.1. The predicted molar refractivity (Wildman–Crippen MR) is 110 cm³/mol. The van der Waals surface area contributed by atoms with Crippen LogP contribution in [0, 0.1) is 20.8 Å². The molecule has 3 rings (SSSR count). The van der Waals surface area contributed by atoms with Crippen molar-refractivity contribution in [3.8, 4) is 11.5 Å². The van der Waals surface area contributed by atoms with Crippen LogP contribution in [0.1, 0.15) is 22.4 Å². The number of aliphatic hydroxyl groups is 1. The van der Waals surface area contributed by atoms with E-state index in [-0.39, 0.29) is 36.9 Å². The first-order chi connectivity index (χ1) is 13.9. The highest BCUT2D eigenvalue weighted by molar-refractivity contribution is 5.91. The van der Waals surface area contributed by atoms with Crippen molar-refractivity contribution in [2.24, 2.45) is 0 Å². The highest BCUT2D eigenvalue weighted by Gasteiger charge is 2.18. The van der Waals surface area contributed by atoms with E-state index in [2.05, 4.69) is 20.3 Å². The molecule has 3 aromatic rings. The first-order valence-electron chi connectivity index (χ1n) is 9.25. The van der Waals surface area contributed by atoms with Crippen molar-refractivity contribution in [1.82, 2.24) is 19.5 Å². The number of aromatic nitrogens is 4. The quantitative estimate of drug-likeness (QED) is 0.661. The number of aryl methyl sites for hydroxylation is 3. The van der Waals surface area contributed by atoms with Crippen LogP contribution in [0.4, 0.5) is 5.69 Å². The molecule has 1 amide bonds. The number of benzene rings is 1. The topological polar surface area (TPSA) is 110 Å². The van der Waals surface area contributed by atoms with E-state index in [9.17, 15) is 14.7 Å². The summed E-state index contributed by atoms with van der Waals surface area (Å²) in [5.74, 6) is -0.0985. The van der Waals surface area contributed by atoms with Gasteiger partial charge in [0.2, 0.25) is 5.91 Å². The lowest BCUT2D eigenvalue weighted by Gasteiger charge is -2.15. The van der Waals surface area contributed by atoms with Crippen LogP contribution >= 0.6 is 0 Å². The largest absolute Gasteiger partial charge is 0.396 e. The Balaban J connectivity index is 1.99. The van der Waals surface area contributed by atoms with E-state index in [1.165, 1.54) is 23.2 Å². The number of amides is 1. The lowest BCUT2D eigenvalue weighted by atomic mass is 10.1. The smallest absolute Gasteiger partial charge is 0.257 e. The highest BCUT2D eigenvalue weighted by Crippen LogP contribution is 2.16. The van der Waals surface area contributed by atoms with Crippen LogP contribution in [0.2, 0.25) is 0 Å². The van der Waals surface area contributed by atoms with E-state index in [0.29, 0.717) is 22.6 Å². The molecule has 8 heteroatoms. The Morgan fingerprint density at radius 1 is 1.17 bits per heavy atom. The Kier molecular flexibility index (Phi) is 6.13. The van der Waals surface area contributed by atoms with Crippen LogP contribution in [0.5, 0.6) is 0 Å². The number of anilines is 1. The summed E-state index contributed by atoms with van der Waals surface area (Å²) in [7, 11) is 0. The number of hydrogen-bond donors (Lipinski definition) is 2. The van der Waals surface area contributed by atoms with Gasteiger partial charge in [0.25, 0.3) is 5.56 Å². The lowest BCUT2D eigenvalue weighted by Crippen LogP contribution is -2.33. The van der Waals surface area contributed by atoms with Gasteiger partial charge in [-0.05, 0) is 44.0 Å². The minimum Gasteiger partial charge on any atom is -0.396 e. The minimum absolute atomic E-state index is 0.164. The molecule has 8 nitrogen and oxygen atoms in total. The number of carbonyl (C=O) groups is 1. The Morgan fingerprint density at radius 2 is 1.97 bits per heavy atom. The van der Waals surface area contributed by atoms with E-state index < -0.39 is 0 Å². The van der Waals surface area contributed by atoms with Crippen molar-refractivity contribution >= 4 is 11.6 Å². The third-order valence-electron chi connectivity index (χ3n) is 4.72. The zero-order valence-electron chi connectivity index (χ0n) is 16.6. The average Bonchev–Trinajstić information content (AvgIpc) is 2.70. The molecule has 0 radical (unpaired) electrons. The molecule has 150 valence electrons. The van der Waals surface area contributed by atoms with Crippen LogP contribution < -0.4 is 10.9 Å². The summed E-state index contributed by atoms with van der Waals surface area (Å²) in [6, 6.07) is 5.62. The highest BCUT2D eigenvalue weighted by atomic mass is 16.3. The van der Waals surface area contributed by atoms with Crippen LogP contribution in [0.15, 0.2) is 41.6 Å². The summed E-state index contributed by atoms with van der Waals surface area (Å²) >= 11 is 0. The molecular weight excluding hydrogens is 370 g/mol. The van der Waals surface area contributed by atoms with Crippen LogP contribution in [0.25, 0.3) is 11.5 Å². The average molecular weight is 393 g/mol. The number of rotatable bonds is 6. The van der Waals surface area contributed by atoms with E-state index >= 15 is 0 Å². The van der Waals surface area contributed by atoms with Crippen molar-refractivity contribution in [2.75, 3.05) is 11.9 Å². The molecule has 0 saturated carbocycles. The molecule has 0 bridgehead atoms. The van der Waals surface area contributed by atoms with Gasteiger partial charge in [-0.25, -0.2) is 9.97 Å². The van der Waals surface area contributed by atoms with Crippen LogP contribution in [-0.4, -0.2) is 37.1 Å². The van der Waals surface area contributed by atoms with E-state index in [1.54, 1.807) is 6.92 Å². The van der Waals surface area contributed by atoms with Crippen molar-refractivity contribution in [3.63, 3.8) is 0 Å². The monoisotopic (exact) mass is 393 g/mol. The Bertz CT molecular complexity index is 1090. The Labute approximate surface area is 168 Å². The van der Waals surface area contributed by atoms with Gasteiger partial charge in [-0.15, -0.1) is 0 Å².